The highest BCUT2D eigenvalue weighted by atomic mass is 32.2. The number of hydrogen-bond acceptors (Lipinski definition) is 7. The predicted molar refractivity (Wildman–Crippen MR) is 175 cm³/mol. The molecule has 1 amide bonds. The normalized spacial score (nSPS) is 18.1. The minimum Gasteiger partial charge on any atom is -0.488 e. The van der Waals surface area contributed by atoms with Gasteiger partial charge in [-0.3, -0.25) is 14.4 Å². The highest BCUT2D eigenvalue weighted by Crippen LogP contribution is 2.31. The van der Waals surface area contributed by atoms with E-state index in [-0.39, 0.29) is 41.2 Å². The first-order valence-corrected chi connectivity index (χ1v) is 17.1. The lowest BCUT2D eigenvalue weighted by atomic mass is 10.0. The van der Waals surface area contributed by atoms with Crippen molar-refractivity contribution in [2.75, 3.05) is 31.5 Å². The zero-order valence-electron chi connectivity index (χ0n) is 25.2. The maximum atomic E-state index is 13.5. The number of rotatable bonds is 10. The van der Waals surface area contributed by atoms with Crippen LogP contribution >= 0.6 is 11.3 Å². The van der Waals surface area contributed by atoms with Gasteiger partial charge in [-0.15, -0.1) is 11.3 Å². The molecule has 10 heteroatoms. The fourth-order valence-corrected chi connectivity index (χ4v) is 7.49. The number of amides is 1. The number of sulfonamides is 1. The number of carbonyl (C=O) groups is 1. The van der Waals surface area contributed by atoms with Gasteiger partial charge in [0.2, 0.25) is 5.91 Å². The Morgan fingerprint density at radius 3 is 2.45 bits per heavy atom. The largest absolute Gasteiger partial charge is 0.488 e. The van der Waals surface area contributed by atoms with Gasteiger partial charge in [-0.25, -0.2) is 8.42 Å². The van der Waals surface area contributed by atoms with Gasteiger partial charge in [-0.2, -0.15) is 0 Å². The number of carbonyl (C=O) groups excluding carboxylic acids is 1. The third-order valence-electron chi connectivity index (χ3n) is 7.93. The van der Waals surface area contributed by atoms with Gasteiger partial charge in [-0.05, 0) is 60.3 Å². The Kier molecular flexibility index (Phi) is 10.1. The van der Waals surface area contributed by atoms with Crippen molar-refractivity contribution in [2.45, 2.75) is 43.2 Å². The van der Waals surface area contributed by atoms with E-state index in [1.165, 1.54) is 16.7 Å². The van der Waals surface area contributed by atoms with Crippen molar-refractivity contribution < 1.29 is 23.1 Å². The molecule has 5 rings (SSSR count). The van der Waals surface area contributed by atoms with E-state index in [4.69, 9.17) is 4.74 Å². The molecule has 3 aromatic carbocycles. The summed E-state index contributed by atoms with van der Waals surface area (Å²) in [4.78, 5) is 17.4. The molecule has 1 aliphatic heterocycles. The minimum atomic E-state index is -3.75. The summed E-state index contributed by atoms with van der Waals surface area (Å²) in [5.41, 5.74) is 4.47. The minimum absolute atomic E-state index is 0.0251. The maximum absolute atomic E-state index is 13.5. The SMILES string of the molecule is C[C@H]1CN([C@@H](C)CO)C(=O)Cc2cc(NS(=O)(=O)c3cccs3)ccc2O[C@H]1CN(C)Cc1ccc(-c2ccccc2)cc1. The number of thiophene rings is 1. The van der Waals surface area contributed by atoms with Crippen molar-refractivity contribution in [1.29, 1.82) is 0 Å². The van der Waals surface area contributed by atoms with E-state index in [9.17, 15) is 18.3 Å². The van der Waals surface area contributed by atoms with Crippen LogP contribution in [0.25, 0.3) is 11.1 Å². The van der Waals surface area contributed by atoms with E-state index in [2.05, 4.69) is 60.0 Å². The molecule has 0 unspecified atom stereocenters. The summed E-state index contributed by atoms with van der Waals surface area (Å²) in [5, 5.41) is 11.6. The lowest BCUT2D eigenvalue weighted by Gasteiger charge is -2.34. The van der Waals surface area contributed by atoms with E-state index in [0.717, 1.165) is 11.3 Å². The van der Waals surface area contributed by atoms with Crippen LogP contribution in [-0.2, 0) is 27.8 Å². The highest BCUT2D eigenvalue weighted by Gasteiger charge is 2.31. The summed E-state index contributed by atoms with van der Waals surface area (Å²) in [6, 6.07) is 26.8. The lowest BCUT2D eigenvalue weighted by molar-refractivity contribution is -0.134. The molecule has 8 nitrogen and oxygen atoms in total. The van der Waals surface area contributed by atoms with Crippen molar-refractivity contribution in [3.8, 4) is 16.9 Å². The van der Waals surface area contributed by atoms with Crippen LogP contribution in [0.2, 0.25) is 0 Å². The predicted octanol–water partition coefficient (Wildman–Crippen LogP) is 5.50. The molecule has 2 heterocycles. The molecule has 0 bridgehead atoms. The quantitative estimate of drug-likeness (QED) is 0.240. The Bertz CT molecular complexity index is 1640. The molecule has 232 valence electrons. The molecule has 0 saturated carbocycles. The van der Waals surface area contributed by atoms with Crippen LogP contribution in [0, 0.1) is 5.92 Å². The molecular formula is C34H39N3O5S2. The third kappa shape index (κ3) is 7.68. The molecule has 2 N–H and O–H groups in total. The van der Waals surface area contributed by atoms with E-state index in [1.807, 2.05) is 25.1 Å². The topological polar surface area (TPSA) is 99.2 Å². The van der Waals surface area contributed by atoms with Gasteiger partial charge >= 0.3 is 0 Å². The lowest BCUT2D eigenvalue weighted by Crippen LogP contribution is -2.47. The second-order valence-electron chi connectivity index (χ2n) is 11.5. The number of aliphatic hydroxyl groups excluding tert-OH is 1. The Labute approximate surface area is 264 Å². The van der Waals surface area contributed by atoms with Crippen LogP contribution in [0.5, 0.6) is 5.75 Å². The second kappa shape index (κ2) is 13.9. The summed E-state index contributed by atoms with van der Waals surface area (Å²) in [5.74, 6) is 0.362. The Morgan fingerprint density at radius 1 is 1.05 bits per heavy atom. The number of ether oxygens (including phenoxy) is 1. The first kappa shape index (κ1) is 31.7. The number of benzene rings is 3. The monoisotopic (exact) mass is 633 g/mol. The highest BCUT2D eigenvalue weighted by molar-refractivity contribution is 7.94. The number of hydrogen-bond donors (Lipinski definition) is 2. The standard InChI is InChI=1S/C34H39N3O5S2/c1-24-20-37(25(2)23-38)33(39)19-29-18-30(35-44(40,41)34-10-7-17-43-34)15-16-31(29)42-32(24)22-36(3)21-26-11-13-28(14-12-26)27-8-5-4-6-9-27/h4-18,24-25,32,35,38H,19-23H2,1-3H3/t24-,25-,32-/m0/s1. The number of aliphatic hydroxyl groups is 1. The van der Waals surface area contributed by atoms with Crippen molar-refractivity contribution in [3.05, 3.63) is 101 Å². The van der Waals surface area contributed by atoms with Gasteiger partial charge < -0.3 is 14.7 Å². The van der Waals surface area contributed by atoms with Crippen molar-refractivity contribution in [1.82, 2.24) is 9.80 Å². The zero-order valence-corrected chi connectivity index (χ0v) is 26.9. The number of anilines is 1. The zero-order chi connectivity index (χ0) is 31.3. The van der Waals surface area contributed by atoms with Crippen LogP contribution in [-0.4, -0.2) is 68.1 Å². The second-order valence-corrected chi connectivity index (χ2v) is 14.4. The first-order valence-electron chi connectivity index (χ1n) is 14.7. The maximum Gasteiger partial charge on any atom is 0.271 e. The summed E-state index contributed by atoms with van der Waals surface area (Å²) in [6.45, 7) is 5.48. The number of fused-ring (bicyclic) bond motifs is 1. The summed E-state index contributed by atoms with van der Waals surface area (Å²) in [6.07, 6.45) is -0.243. The fraction of sp³-hybridized carbons (Fsp3) is 0.324. The van der Waals surface area contributed by atoms with Gasteiger partial charge in [0, 0.05) is 36.8 Å². The Morgan fingerprint density at radius 2 is 1.77 bits per heavy atom. The molecule has 44 heavy (non-hydrogen) atoms. The average Bonchev–Trinajstić information content (AvgIpc) is 3.58. The smallest absolute Gasteiger partial charge is 0.271 e. The Hall–Kier alpha value is -3.70. The van der Waals surface area contributed by atoms with Gasteiger partial charge in [0.05, 0.1) is 19.1 Å². The number of nitrogens with one attached hydrogen (secondary N) is 1. The van der Waals surface area contributed by atoms with E-state index < -0.39 is 10.0 Å². The summed E-state index contributed by atoms with van der Waals surface area (Å²) in [7, 11) is -1.70. The molecule has 1 aliphatic rings. The fourth-order valence-electron chi connectivity index (χ4n) is 5.45. The molecule has 1 aromatic heterocycles. The molecule has 4 aromatic rings. The van der Waals surface area contributed by atoms with Gasteiger partial charge in [-0.1, -0.05) is 67.6 Å². The molecule has 0 spiro atoms. The average molecular weight is 634 g/mol. The number of nitrogens with zero attached hydrogens (tertiary/aromatic N) is 2. The van der Waals surface area contributed by atoms with E-state index in [0.29, 0.717) is 36.6 Å². The van der Waals surface area contributed by atoms with Gasteiger partial charge in [0.15, 0.2) is 0 Å². The van der Waals surface area contributed by atoms with Crippen molar-refractivity contribution in [2.24, 2.45) is 5.92 Å². The van der Waals surface area contributed by atoms with Crippen LogP contribution in [0.4, 0.5) is 5.69 Å². The van der Waals surface area contributed by atoms with Crippen LogP contribution in [0.15, 0.2) is 94.5 Å². The number of likely N-dealkylation sites (N-methyl/N-ethyl adjacent to an activating group) is 1. The first-order chi connectivity index (χ1) is 21.1. The molecular weight excluding hydrogens is 595 g/mol. The van der Waals surface area contributed by atoms with Crippen LogP contribution in [0.1, 0.15) is 25.0 Å². The van der Waals surface area contributed by atoms with Crippen LogP contribution in [0.3, 0.4) is 0 Å². The molecule has 0 saturated heterocycles. The molecule has 0 fully saturated rings. The molecule has 3 atom stereocenters. The third-order valence-corrected chi connectivity index (χ3v) is 10.7. The Balaban J connectivity index is 1.37. The van der Waals surface area contributed by atoms with E-state index in [1.54, 1.807) is 40.6 Å². The summed E-state index contributed by atoms with van der Waals surface area (Å²) < 4.78 is 35.2. The van der Waals surface area contributed by atoms with Crippen molar-refractivity contribution >= 4 is 33.0 Å². The molecule has 0 aliphatic carbocycles. The summed E-state index contributed by atoms with van der Waals surface area (Å²) >= 11 is 1.13. The molecule has 0 radical (unpaired) electrons. The van der Waals surface area contributed by atoms with Crippen molar-refractivity contribution in [3.63, 3.8) is 0 Å². The van der Waals surface area contributed by atoms with Gasteiger partial charge in [0.1, 0.15) is 16.1 Å². The van der Waals surface area contributed by atoms with Crippen LogP contribution < -0.4 is 9.46 Å². The van der Waals surface area contributed by atoms with Gasteiger partial charge in [0.25, 0.3) is 10.0 Å². The van der Waals surface area contributed by atoms with E-state index >= 15 is 0 Å².